The molecule has 30 heavy (non-hydrogen) atoms. The zero-order valence-electron chi connectivity index (χ0n) is 16.0. The number of aromatic nitrogens is 2. The number of benzene rings is 1. The molecule has 3 atom stereocenters. The molecule has 10 heteroatoms. The first-order valence-corrected chi connectivity index (χ1v) is 9.52. The lowest BCUT2D eigenvalue weighted by Crippen LogP contribution is -2.30. The normalized spacial score (nSPS) is 25.7. The number of rotatable bonds is 3. The topological polar surface area (TPSA) is 53.4 Å². The molecular formula is C20H19F5N2O3. The molecule has 1 aliphatic carbocycles. The largest absolute Gasteiger partial charge is 0.447 e. The Morgan fingerprint density at radius 2 is 1.97 bits per heavy atom. The minimum absolute atomic E-state index is 0.0269. The molecule has 1 aliphatic heterocycles. The number of esters is 1. The third-order valence-electron chi connectivity index (χ3n) is 5.41. The summed E-state index contributed by atoms with van der Waals surface area (Å²) >= 11 is 0. The van der Waals surface area contributed by atoms with E-state index < -0.39 is 47.9 Å². The van der Waals surface area contributed by atoms with Crippen molar-refractivity contribution >= 4 is 5.97 Å². The van der Waals surface area contributed by atoms with Crippen LogP contribution in [0.2, 0.25) is 0 Å². The molecule has 0 N–H and O–H groups in total. The number of carbonyl (C=O) groups is 1. The van der Waals surface area contributed by atoms with Crippen LogP contribution in [-0.4, -0.2) is 34.4 Å². The van der Waals surface area contributed by atoms with Crippen molar-refractivity contribution in [2.75, 3.05) is 6.61 Å². The van der Waals surface area contributed by atoms with Gasteiger partial charge in [-0.05, 0) is 31.9 Å². The molecule has 1 saturated heterocycles. The van der Waals surface area contributed by atoms with Gasteiger partial charge in [-0.1, -0.05) is 18.2 Å². The monoisotopic (exact) mass is 430 g/mol. The first-order chi connectivity index (χ1) is 14.1. The predicted molar refractivity (Wildman–Crippen MR) is 94.2 cm³/mol. The second kappa shape index (κ2) is 7.33. The molecule has 0 bridgehead atoms. The van der Waals surface area contributed by atoms with E-state index in [2.05, 4.69) is 5.10 Å². The van der Waals surface area contributed by atoms with Crippen LogP contribution in [-0.2, 0) is 22.1 Å². The van der Waals surface area contributed by atoms with Crippen molar-refractivity contribution in [2.24, 2.45) is 0 Å². The molecule has 1 aromatic carbocycles. The van der Waals surface area contributed by atoms with Gasteiger partial charge in [0.15, 0.2) is 11.8 Å². The summed E-state index contributed by atoms with van der Waals surface area (Å²) in [5.41, 5.74) is -2.45. The summed E-state index contributed by atoms with van der Waals surface area (Å²) in [6.45, 7) is 2.06. The Morgan fingerprint density at radius 1 is 1.27 bits per heavy atom. The van der Waals surface area contributed by atoms with E-state index in [1.807, 2.05) is 0 Å². The van der Waals surface area contributed by atoms with Gasteiger partial charge in [-0.15, -0.1) is 0 Å². The highest BCUT2D eigenvalue weighted by Crippen LogP contribution is 2.51. The Kier molecular flexibility index (Phi) is 5.08. The lowest BCUT2D eigenvalue weighted by molar-refractivity contribution is -0.147. The number of carbonyl (C=O) groups excluding carboxylic acids is 1. The highest BCUT2D eigenvalue weighted by atomic mass is 19.4. The number of ether oxygens (including phenoxy) is 2. The van der Waals surface area contributed by atoms with Gasteiger partial charge in [-0.3, -0.25) is 4.68 Å². The van der Waals surface area contributed by atoms with Crippen LogP contribution in [0.3, 0.4) is 0 Å². The third-order valence-corrected chi connectivity index (χ3v) is 5.41. The fourth-order valence-corrected chi connectivity index (χ4v) is 4.06. The predicted octanol–water partition coefficient (Wildman–Crippen LogP) is 4.73. The Bertz CT molecular complexity index is 942. The van der Waals surface area contributed by atoms with Crippen LogP contribution in [0.1, 0.15) is 59.2 Å². The van der Waals surface area contributed by atoms with Crippen LogP contribution in [0, 0.1) is 0 Å². The summed E-state index contributed by atoms with van der Waals surface area (Å²) in [4.78, 5) is 12.3. The van der Waals surface area contributed by atoms with Gasteiger partial charge in [0.1, 0.15) is 0 Å². The van der Waals surface area contributed by atoms with E-state index in [0.717, 1.165) is 4.68 Å². The average molecular weight is 430 g/mol. The van der Waals surface area contributed by atoms with E-state index in [4.69, 9.17) is 9.47 Å². The summed E-state index contributed by atoms with van der Waals surface area (Å²) in [6.07, 6.45) is -7.83. The van der Waals surface area contributed by atoms with Gasteiger partial charge in [0.2, 0.25) is 0 Å². The van der Waals surface area contributed by atoms with Crippen molar-refractivity contribution < 1.29 is 36.2 Å². The molecular weight excluding hydrogens is 411 g/mol. The molecule has 2 aliphatic rings. The standard InChI is InChI=1S/C20H19F5N2O3/c1-11-9-13(7-8-29-11)27-14-10-19(21,22)17(15(14)16(26-27)20(23,24)25)30-18(28)12-5-3-2-4-6-12/h2-6,11,13,17H,7-10H2,1H3/t11-,13+,17+/m1/s1. The molecule has 0 unspecified atom stereocenters. The van der Waals surface area contributed by atoms with Gasteiger partial charge in [-0.25, -0.2) is 13.6 Å². The lowest BCUT2D eigenvalue weighted by Gasteiger charge is -2.28. The van der Waals surface area contributed by atoms with Gasteiger partial charge < -0.3 is 9.47 Å². The van der Waals surface area contributed by atoms with E-state index in [9.17, 15) is 26.7 Å². The SMILES string of the molecule is C[C@@H]1C[C@@H](n2nc(C(F)(F)F)c3c2CC(F)(F)[C@H]3OC(=O)c2ccccc2)CCO1. The van der Waals surface area contributed by atoms with E-state index in [0.29, 0.717) is 19.4 Å². The summed E-state index contributed by atoms with van der Waals surface area (Å²) in [5.74, 6) is -4.80. The van der Waals surface area contributed by atoms with Crippen molar-refractivity contribution in [3.05, 3.63) is 52.8 Å². The summed E-state index contributed by atoms with van der Waals surface area (Å²) in [5, 5.41) is 3.67. The fourth-order valence-electron chi connectivity index (χ4n) is 4.06. The minimum atomic E-state index is -4.97. The van der Waals surface area contributed by atoms with Crippen molar-refractivity contribution in [1.29, 1.82) is 0 Å². The molecule has 4 rings (SSSR count). The van der Waals surface area contributed by atoms with Crippen molar-refractivity contribution in [2.45, 2.75) is 56.5 Å². The zero-order chi connectivity index (χ0) is 21.7. The first-order valence-electron chi connectivity index (χ1n) is 9.52. The lowest BCUT2D eigenvalue weighted by atomic mass is 10.0. The number of nitrogens with zero attached hydrogens (tertiary/aromatic N) is 2. The smallest absolute Gasteiger partial charge is 0.435 e. The molecule has 0 amide bonds. The minimum Gasteiger partial charge on any atom is -0.447 e. The Balaban J connectivity index is 1.76. The van der Waals surface area contributed by atoms with Crippen LogP contribution in [0.25, 0.3) is 0 Å². The second-order valence-electron chi connectivity index (χ2n) is 7.60. The number of halogens is 5. The average Bonchev–Trinajstić information content (AvgIpc) is 3.16. The van der Waals surface area contributed by atoms with Crippen LogP contribution in [0.15, 0.2) is 30.3 Å². The van der Waals surface area contributed by atoms with Crippen LogP contribution >= 0.6 is 0 Å². The van der Waals surface area contributed by atoms with Crippen molar-refractivity contribution in [3.63, 3.8) is 0 Å². The number of hydrogen-bond acceptors (Lipinski definition) is 4. The van der Waals surface area contributed by atoms with Gasteiger partial charge in [0, 0.05) is 6.61 Å². The molecule has 1 fully saturated rings. The highest BCUT2D eigenvalue weighted by molar-refractivity contribution is 5.89. The third kappa shape index (κ3) is 3.68. The Labute approximate surface area is 168 Å². The van der Waals surface area contributed by atoms with E-state index in [1.54, 1.807) is 13.0 Å². The summed E-state index contributed by atoms with van der Waals surface area (Å²) in [6, 6.07) is 6.79. The second-order valence-corrected chi connectivity index (χ2v) is 7.60. The Morgan fingerprint density at radius 3 is 2.60 bits per heavy atom. The molecule has 2 aromatic rings. The van der Waals surface area contributed by atoms with Gasteiger partial charge in [0.05, 0.1) is 35.4 Å². The zero-order valence-corrected chi connectivity index (χ0v) is 16.0. The number of alkyl halides is 5. The maximum Gasteiger partial charge on any atom is 0.435 e. The molecule has 162 valence electrons. The Hall–Kier alpha value is -2.49. The van der Waals surface area contributed by atoms with Crippen LogP contribution in [0.5, 0.6) is 0 Å². The van der Waals surface area contributed by atoms with Crippen LogP contribution < -0.4 is 0 Å². The van der Waals surface area contributed by atoms with Gasteiger partial charge in [-0.2, -0.15) is 18.3 Å². The summed E-state index contributed by atoms with van der Waals surface area (Å²) in [7, 11) is 0. The fraction of sp³-hybridized carbons (Fsp3) is 0.500. The molecule has 0 saturated carbocycles. The highest BCUT2D eigenvalue weighted by Gasteiger charge is 2.57. The molecule has 0 radical (unpaired) electrons. The van der Waals surface area contributed by atoms with Crippen molar-refractivity contribution in [3.8, 4) is 0 Å². The van der Waals surface area contributed by atoms with E-state index in [1.165, 1.54) is 24.3 Å². The summed E-state index contributed by atoms with van der Waals surface area (Å²) < 4.78 is 82.1. The maximum atomic E-state index is 14.8. The van der Waals surface area contributed by atoms with Gasteiger partial charge in [0.25, 0.3) is 5.92 Å². The van der Waals surface area contributed by atoms with Crippen LogP contribution in [0.4, 0.5) is 22.0 Å². The van der Waals surface area contributed by atoms with E-state index in [-0.39, 0.29) is 17.4 Å². The first kappa shape index (κ1) is 20.8. The van der Waals surface area contributed by atoms with Gasteiger partial charge >= 0.3 is 12.1 Å². The maximum absolute atomic E-state index is 14.8. The van der Waals surface area contributed by atoms with E-state index >= 15 is 0 Å². The number of hydrogen-bond donors (Lipinski definition) is 0. The quantitative estimate of drug-likeness (QED) is 0.522. The molecule has 5 nitrogen and oxygen atoms in total. The molecule has 1 aromatic heterocycles. The number of fused-ring (bicyclic) bond motifs is 1. The molecule has 0 spiro atoms. The molecule has 2 heterocycles. The van der Waals surface area contributed by atoms with Crippen molar-refractivity contribution in [1.82, 2.24) is 9.78 Å².